The van der Waals surface area contributed by atoms with Gasteiger partial charge in [0.15, 0.2) is 0 Å². The molecule has 0 radical (unpaired) electrons. The van der Waals surface area contributed by atoms with E-state index in [1.165, 1.54) is 4.31 Å². The van der Waals surface area contributed by atoms with E-state index in [0.29, 0.717) is 41.9 Å². The van der Waals surface area contributed by atoms with Gasteiger partial charge in [-0.15, -0.1) is 0 Å². The lowest BCUT2D eigenvalue weighted by Crippen LogP contribution is -2.43. The average molecular weight is 431 g/mol. The molecule has 3 rings (SSSR count). The minimum absolute atomic E-state index is 0.273. The Morgan fingerprint density at radius 1 is 1.00 bits per heavy atom. The number of aryl methyl sites for hydroxylation is 3. The topological polar surface area (TPSA) is 122 Å². The van der Waals surface area contributed by atoms with Crippen LogP contribution in [0.25, 0.3) is 0 Å². The molecule has 2 aromatic carbocycles. The van der Waals surface area contributed by atoms with Crippen molar-refractivity contribution in [3.8, 4) is 0 Å². The highest BCUT2D eigenvalue weighted by atomic mass is 32.2. The number of urea groups is 1. The molecule has 30 heavy (non-hydrogen) atoms. The molecule has 0 aliphatic carbocycles. The van der Waals surface area contributed by atoms with Gasteiger partial charge < -0.3 is 16.4 Å². The van der Waals surface area contributed by atoms with Crippen LogP contribution in [-0.2, 0) is 14.8 Å². The largest absolute Gasteiger partial charge is 0.351 e. The standard InChI is InChI=1S/C21H26N4O4S/c1-13-11-14(2)19(15(3)12-13)30(28,29)25-10-4-5-18(25)20(26)23-16-6-8-17(9-7-16)24-21(22)27/h6-9,11-12,18H,4-5,10H2,1-3H3,(H,23,26)(H3,22,24,27). The van der Waals surface area contributed by atoms with Crippen molar-refractivity contribution >= 4 is 33.3 Å². The van der Waals surface area contributed by atoms with Gasteiger partial charge in [0.25, 0.3) is 0 Å². The first kappa shape index (κ1) is 21.8. The highest BCUT2D eigenvalue weighted by Gasteiger charge is 2.40. The fourth-order valence-electron chi connectivity index (χ4n) is 3.99. The third-order valence-electron chi connectivity index (χ3n) is 5.10. The molecule has 1 aliphatic heterocycles. The lowest BCUT2D eigenvalue weighted by molar-refractivity contribution is -0.119. The van der Waals surface area contributed by atoms with Gasteiger partial charge >= 0.3 is 6.03 Å². The van der Waals surface area contributed by atoms with Crippen molar-refractivity contribution in [2.45, 2.75) is 44.6 Å². The Bertz CT molecular complexity index is 1060. The van der Waals surface area contributed by atoms with Gasteiger partial charge in [-0.05, 0) is 69.0 Å². The molecular formula is C21H26N4O4S. The van der Waals surface area contributed by atoms with Gasteiger partial charge in [0.1, 0.15) is 6.04 Å². The van der Waals surface area contributed by atoms with Crippen molar-refractivity contribution in [2.75, 3.05) is 17.2 Å². The number of primary amides is 1. The van der Waals surface area contributed by atoms with Crippen molar-refractivity contribution in [3.63, 3.8) is 0 Å². The number of rotatable bonds is 5. The summed E-state index contributed by atoms with van der Waals surface area (Å²) in [5, 5.41) is 5.21. The van der Waals surface area contributed by atoms with Crippen molar-refractivity contribution < 1.29 is 18.0 Å². The van der Waals surface area contributed by atoms with Crippen LogP contribution < -0.4 is 16.4 Å². The lowest BCUT2D eigenvalue weighted by Gasteiger charge is -2.25. The molecule has 160 valence electrons. The summed E-state index contributed by atoms with van der Waals surface area (Å²) >= 11 is 0. The van der Waals surface area contributed by atoms with Gasteiger partial charge in [-0.3, -0.25) is 4.79 Å². The number of hydrogen-bond donors (Lipinski definition) is 3. The molecule has 4 N–H and O–H groups in total. The van der Waals surface area contributed by atoms with E-state index in [-0.39, 0.29) is 10.8 Å². The Morgan fingerprint density at radius 3 is 2.07 bits per heavy atom. The number of carbonyl (C=O) groups is 2. The molecule has 8 nitrogen and oxygen atoms in total. The maximum absolute atomic E-state index is 13.4. The molecule has 1 heterocycles. The van der Waals surface area contributed by atoms with Crippen LogP contribution in [0.15, 0.2) is 41.3 Å². The molecule has 3 amide bonds. The minimum Gasteiger partial charge on any atom is -0.351 e. The van der Waals surface area contributed by atoms with Gasteiger partial charge in [0.2, 0.25) is 15.9 Å². The highest BCUT2D eigenvalue weighted by Crippen LogP contribution is 2.31. The maximum Gasteiger partial charge on any atom is 0.316 e. The van der Waals surface area contributed by atoms with Gasteiger partial charge in [0.05, 0.1) is 4.90 Å². The fourth-order valence-corrected chi connectivity index (χ4v) is 6.06. The average Bonchev–Trinajstić information content (AvgIpc) is 3.12. The molecule has 9 heteroatoms. The third kappa shape index (κ3) is 4.47. The van der Waals surface area contributed by atoms with Crippen molar-refractivity contribution in [3.05, 3.63) is 53.1 Å². The van der Waals surface area contributed by atoms with Gasteiger partial charge in [-0.2, -0.15) is 4.31 Å². The first-order chi connectivity index (χ1) is 14.1. The number of hydrogen-bond acceptors (Lipinski definition) is 4. The smallest absolute Gasteiger partial charge is 0.316 e. The van der Waals surface area contributed by atoms with Crippen LogP contribution in [0.5, 0.6) is 0 Å². The number of nitrogens with one attached hydrogen (secondary N) is 2. The fraction of sp³-hybridized carbons (Fsp3) is 0.333. The summed E-state index contributed by atoms with van der Waals surface area (Å²) < 4.78 is 28.1. The van der Waals surface area contributed by atoms with E-state index in [0.717, 1.165) is 5.56 Å². The molecule has 0 spiro atoms. The Labute approximate surface area is 176 Å². The summed E-state index contributed by atoms with van der Waals surface area (Å²) in [6.07, 6.45) is 1.07. The number of anilines is 2. The van der Waals surface area contributed by atoms with Crippen LogP contribution in [0.1, 0.15) is 29.5 Å². The summed E-state index contributed by atoms with van der Waals surface area (Å²) in [4.78, 5) is 24.1. The van der Waals surface area contributed by atoms with Crippen LogP contribution in [-0.4, -0.2) is 37.2 Å². The summed E-state index contributed by atoms with van der Waals surface area (Å²) in [6, 6.07) is 8.65. The second-order valence-corrected chi connectivity index (χ2v) is 9.38. The van der Waals surface area contributed by atoms with Gasteiger partial charge in [-0.25, -0.2) is 13.2 Å². The summed E-state index contributed by atoms with van der Waals surface area (Å²) in [6.45, 7) is 5.78. The normalized spacial score (nSPS) is 17.0. The summed E-state index contributed by atoms with van der Waals surface area (Å²) in [5.74, 6) is -0.380. The quantitative estimate of drug-likeness (QED) is 0.675. The molecule has 0 aromatic heterocycles. The number of sulfonamides is 1. The second-order valence-electron chi connectivity index (χ2n) is 7.56. The van der Waals surface area contributed by atoms with Gasteiger partial charge in [-0.1, -0.05) is 17.7 Å². The van der Waals surface area contributed by atoms with Crippen LogP contribution in [0.3, 0.4) is 0 Å². The zero-order valence-corrected chi connectivity index (χ0v) is 18.0. The van der Waals surface area contributed by atoms with Crippen LogP contribution in [0, 0.1) is 20.8 Å². The van der Waals surface area contributed by atoms with E-state index in [9.17, 15) is 18.0 Å². The van der Waals surface area contributed by atoms with Crippen LogP contribution in [0.2, 0.25) is 0 Å². The number of amides is 3. The Hall–Kier alpha value is -2.91. The minimum atomic E-state index is -3.81. The molecule has 2 aromatic rings. The summed E-state index contributed by atoms with van der Waals surface area (Å²) in [5.41, 5.74) is 8.42. The lowest BCUT2D eigenvalue weighted by atomic mass is 10.1. The Balaban J connectivity index is 1.81. The molecule has 0 bridgehead atoms. The third-order valence-corrected chi connectivity index (χ3v) is 7.31. The zero-order valence-electron chi connectivity index (χ0n) is 17.2. The van der Waals surface area contributed by atoms with Crippen molar-refractivity contribution in [1.29, 1.82) is 0 Å². The monoisotopic (exact) mass is 430 g/mol. The Morgan fingerprint density at radius 2 is 1.53 bits per heavy atom. The number of nitrogens with two attached hydrogens (primary N) is 1. The molecule has 1 atom stereocenters. The molecule has 1 fully saturated rings. The number of nitrogens with zero attached hydrogens (tertiary/aromatic N) is 1. The van der Waals surface area contributed by atoms with E-state index in [2.05, 4.69) is 10.6 Å². The van der Waals surface area contributed by atoms with Crippen LogP contribution >= 0.6 is 0 Å². The second kappa shape index (κ2) is 8.45. The predicted molar refractivity (Wildman–Crippen MR) is 116 cm³/mol. The SMILES string of the molecule is Cc1cc(C)c(S(=O)(=O)N2CCCC2C(=O)Nc2ccc(NC(N)=O)cc2)c(C)c1. The van der Waals surface area contributed by atoms with E-state index >= 15 is 0 Å². The maximum atomic E-state index is 13.4. The molecule has 1 aliphatic rings. The van der Waals surface area contributed by atoms with Crippen molar-refractivity contribution in [2.24, 2.45) is 5.73 Å². The zero-order chi connectivity index (χ0) is 22.1. The first-order valence-corrected chi connectivity index (χ1v) is 11.1. The van der Waals surface area contributed by atoms with E-state index in [4.69, 9.17) is 5.73 Å². The number of carbonyl (C=O) groups excluding carboxylic acids is 2. The van der Waals surface area contributed by atoms with E-state index in [1.54, 1.807) is 38.1 Å². The van der Waals surface area contributed by atoms with E-state index < -0.39 is 22.1 Å². The van der Waals surface area contributed by atoms with Crippen molar-refractivity contribution in [1.82, 2.24) is 4.31 Å². The molecule has 0 saturated carbocycles. The highest BCUT2D eigenvalue weighted by molar-refractivity contribution is 7.89. The van der Waals surface area contributed by atoms with E-state index in [1.807, 2.05) is 19.1 Å². The van der Waals surface area contributed by atoms with Crippen LogP contribution in [0.4, 0.5) is 16.2 Å². The Kier molecular flexibility index (Phi) is 6.14. The summed E-state index contributed by atoms with van der Waals surface area (Å²) in [7, 11) is -3.81. The molecular weight excluding hydrogens is 404 g/mol. The molecule has 1 saturated heterocycles. The first-order valence-electron chi connectivity index (χ1n) is 9.66. The number of benzene rings is 2. The predicted octanol–water partition coefficient (Wildman–Crippen LogP) is 2.89. The van der Waals surface area contributed by atoms with Gasteiger partial charge in [0, 0.05) is 17.9 Å². The molecule has 1 unspecified atom stereocenters.